The molecule has 0 aromatic heterocycles. The minimum Gasteiger partial charge on any atom is -0.493 e. The molecule has 1 fully saturated rings. The Kier molecular flexibility index (Phi) is 5.96. The Bertz CT molecular complexity index is 543. The van der Waals surface area contributed by atoms with Crippen molar-refractivity contribution in [1.82, 2.24) is 15.5 Å². The molecule has 24 heavy (non-hydrogen) atoms. The van der Waals surface area contributed by atoms with Crippen LogP contribution in [0.2, 0.25) is 0 Å². The first-order valence-electron chi connectivity index (χ1n) is 9.21. The van der Waals surface area contributed by atoms with Gasteiger partial charge in [-0.1, -0.05) is 31.5 Å². The summed E-state index contributed by atoms with van der Waals surface area (Å²) in [4.78, 5) is 14.8. The highest BCUT2D eigenvalue weighted by molar-refractivity contribution is 5.74. The monoisotopic (exact) mass is 331 g/mol. The summed E-state index contributed by atoms with van der Waals surface area (Å²) >= 11 is 0. The molecule has 2 amide bonds. The van der Waals surface area contributed by atoms with Crippen LogP contribution >= 0.6 is 0 Å². The molecular formula is C19H29N3O2. The van der Waals surface area contributed by atoms with Gasteiger partial charge in [-0.15, -0.1) is 0 Å². The van der Waals surface area contributed by atoms with Gasteiger partial charge in [-0.2, -0.15) is 0 Å². The van der Waals surface area contributed by atoms with Crippen LogP contribution in [0.15, 0.2) is 24.3 Å². The molecule has 2 heterocycles. The number of amides is 2. The van der Waals surface area contributed by atoms with Crippen molar-refractivity contribution in [3.05, 3.63) is 29.8 Å². The maximum absolute atomic E-state index is 12.2. The number of ether oxygens (including phenoxy) is 1. The summed E-state index contributed by atoms with van der Waals surface area (Å²) in [5, 5.41) is 6.12. The molecule has 1 aromatic carbocycles. The first-order valence-corrected chi connectivity index (χ1v) is 9.21. The van der Waals surface area contributed by atoms with E-state index in [1.54, 1.807) is 0 Å². The molecule has 2 atom stereocenters. The van der Waals surface area contributed by atoms with Crippen LogP contribution in [0.4, 0.5) is 4.79 Å². The summed E-state index contributed by atoms with van der Waals surface area (Å²) in [5.41, 5.74) is 1.07. The van der Waals surface area contributed by atoms with Crippen molar-refractivity contribution in [2.75, 3.05) is 32.8 Å². The van der Waals surface area contributed by atoms with Crippen molar-refractivity contribution in [1.29, 1.82) is 0 Å². The molecule has 1 aromatic rings. The smallest absolute Gasteiger partial charge is 0.315 e. The minimum absolute atomic E-state index is 0.0346. The number of piperidine rings is 1. The lowest BCUT2D eigenvalue weighted by Gasteiger charge is -2.29. The number of hydrogen-bond acceptors (Lipinski definition) is 3. The van der Waals surface area contributed by atoms with Crippen molar-refractivity contribution < 1.29 is 9.53 Å². The Labute approximate surface area is 144 Å². The van der Waals surface area contributed by atoms with Gasteiger partial charge in [0.1, 0.15) is 5.75 Å². The number of fused-ring (bicyclic) bond motifs is 1. The molecular weight excluding hydrogens is 302 g/mol. The number of benzene rings is 1. The normalized spacial score (nSPS) is 22.1. The van der Waals surface area contributed by atoms with Crippen LogP contribution in [0.3, 0.4) is 0 Å². The summed E-state index contributed by atoms with van der Waals surface area (Å²) < 4.78 is 5.64. The van der Waals surface area contributed by atoms with Gasteiger partial charge in [0.15, 0.2) is 0 Å². The first kappa shape index (κ1) is 17.1. The highest BCUT2D eigenvalue weighted by atomic mass is 16.5. The van der Waals surface area contributed by atoms with Gasteiger partial charge in [0.2, 0.25) is 0 Å². The Balaban J connectivity index is 1.43. The van der Waals surface area contributed by atoms with Gasteiger partial charge in [0.25, 0.3) is 0 Å². The zero-order chi connectivity index (χ0) is 16.8. The average Bonchev–Trinajstić information content (AvgIpc) is 2.61. The lowest BCUT2D eigenvalue weighted by molar-refractivity contribution is 0.195. The Hall–Kier alpha value is -1.75. The zero-order valence-corrected chi connectivity index (χ0v) is 14.6. The van der Waals surface area contributed by atoms with Crippen LogP contribution in [-0.4, -0.2) is 43.7 Å². The number of nitrogens with one attached hydrogen (secondary N) is 2. The fraction of sp³-hybridized carbons (Fsp3) is 0.632. The van der Waals surface area contributed by atoms with Crippen LogP contribution in [0.5, 0.6) is 5.75 Å². The third-order valence-electron chi connectivity index (χ3n) is 4.89. The molecule has 5 nitrogen and oxygen atoms in total. The number of carbonyl (C=O) groups excluding carboxylic acids is 1. The Morgan fingerprint density at radius 2 is 2.08 bits per heavy atom. The second-order valence-corrected chi connectivity index (χ2v) is 7.05. The first-order chi connectivity index (χ1) is 11.7. The maximum atomic E-state index is 12.2. The van der Waals surface area contributed by atoms with E-state index in [0.29, 0.717) is 19.1 Å². The molecule has 2 aliphatic rings. The van der Waals surface area contributed by atoms with E-state index in [-0.39, 0.29) is 12.1 Å². The summed E-state index contributed by atoms with van der Waals surface area (Å²) in [5.74, 6) is 1.35. The highest BCUT2D eigenvalue weighted by Crippen LogP contribution is 2.31. The minimum atomic E-state index is -0.0813. The number of para-hydroxylation sites is 1. The van der Waals surface area contributed by atoms with Crippen molar-refractivity contribution in [3.63, 3.8) is 0 Å². The van der Waals surface area contributed by atoms with E-state index < -0.39 is 0 Å². The summed E-state index contributed by atoms with van der Waals surface area (Å²) in [6.45, 7) is 7.05. The van der Waals surface area contributed by atoms with E-state index in [4.69, 9.17) is 4.74 Å². The predicted octanol–water partition coefficient (Wildman–Crippen LogP) is 2.93. The van der Waals surface area contributed by atoms with Gasteiger partial charge in [-0.3, -0.25) is 0 Å². The lowest BCUT2D eigenvalue weighted by Crippen LogP contribution is -2.43. The van der Waals surface area contributed by atoms with Crippen molar-refractivity contribution >= 4 is 6.03 Å². The quantitative estimate of drug-likeness (QED) is 0.872. The van der Waals surface area contributed by atoms with E-state index in [1.807, 2.05) is 24.3 Å². The van der Waals surface area contributed by atoms with E-state index in [1.165, 1.54) is 32.4 Å². The molecule has 0 radical (unpaired) electrons. The van der Waals surface area contributed by atoms with Crippen LogP contribution in [0.1, 0.15) is 44.2 Å². The number of rotatable bonds is 5. The van der Waals surface area contributed by atoms with E-state index in [0.717, 1.165) is 24.3 Å². The number of urea groups is 1. The molecule has 5 heteroatoms. The molecule has 0 spiro atoms. The van der Waals surface area contributed by atoms with Crippen molar-refractivity contribution in [2.45, 2.75) is 38.6 Å². The lowest BCUT2D eigenvalue weighted by atomic mass is 10.0. The van der Waals surface area contributed by atoms with Gasteiger partial charge < -0.3 is 20.3 Å². The SMILES string of the molecule is C[C@H](CNC(=O)N[C@@H]1CCOc2ccccc21)CN1CCCCC1. The third kappa shape index (κ3) is 4.63. The van der Waals surface area contributed by atoms with Gasteiger partial charge in [0.05, 0.1) is 12.6 Å². The fourth-order valence-corrected chi connectivity index (χ4v) is 3.62. The molecule has 0 unspecified atom stereocenters. The van der Waals surface area contributed by atoms with Gasteiger partial charge in [-0.25, -0.2) is 4.79 Å². The van der Waals surface area contributed by atoms with Crippen LogP contribution in [-0.2, 0) is 0 Å². The number of nitrogens with zero attached hydrogens (tertiary/aromatic N) is 1. The molecule has 2 aliphatic heterocycles. The molecule has 0 saturated carbocycles. The summed E-state index contributed by atoms with van der Waals surface area (Å²) in [6, 6.07) is 7.89. The molecule has 3 rings (SSSR count). The zero-order valence-electron chi connectivity index (χ0n) is 14.6. The Morgan fingerprint density at radius 1 is 1.29 bits per heavy atom. The Morgan fingerprint density at radius 3 is 2.92 bits per heavy atom. The van der Waals surface area contributed by atoms with E-state index in [9.17, 15) is 4.79 Å². The largest absolute Gasteiger partial charge is 0.493 e. The standard InChI is InChI=1S/C19H29N3O2/c1-15(14-22-10-5-2-6-11-22)13-20-19(23)21-17-9-12-24-18-8-4-3-7-16(17)18/h3-4,7-8,15,17H,2,5-6,9-14H2,1H3,(H2,20,21,23)/t15-,17-/m1/s1. The third-order valence-corrected chi connectivity index (χ3v) is 4.89. The molecule has 0 aliphatic carbocycles. The van der Waals surface area contributed by atoms with Crippen LogP contribution < -0.4 is 15.4 Å². The van der Waals surface area contributed by atoms with Gasteiger partial charge >= 0.3 is 6.03 Å². The molecule has 2 N–H and O–H groups in total. The molecule has 1 saturated heterocycles. The number of hydrogen-bond donors (Lipinski definition) is 2. The number of carbonyl (C=O) groups is 1. The average molecular weight is 331 g/mol. The summed E-state index contributed by atoms with van der Waals surface area (Å²) in [7, 11) is 0. The molecule has 0 bridgehead atoms. The topological polar surface area (TPSA) is 53.6 Å². The van der Waals surface area contributed by atoms with Crippen molar-refractivity contribution in [2.24, 2.45) is 5.92 Å². The second-order valence-electron chi connectivity index (χ2n) is 7.05. The van der Waals surface area contributed by atoms with E-state index in [2.05, 4.69) is 22.5 Å². The molecule has 132 valence electrons. The van der Waals surface area contributed by atoms with Crippen LogP contribution in [0, 0.1) is 5.92 Å². The maximum Gasteiger partial charge on any atom is 0.315 e. The van der Waals surface area contributed by atoms with Gasteiger partial charge in [0, 0.05) is 25.1 Å². The second kappa shape index (κ2) is 8.38. The van der Waals surface area contributed by atoms with E-state index >= 15 is 0 Å². The van der Waals surface area contributed by atoms with Crippen LogP contribution in [0.25, 0.3) is 0 Å². The van der Waals surface area contributed by atoms with Crippen molar-refractivity contribution in [3.8, 4) is 5.75 Å². The predicted molar refractivity (Wildman–Crippen MR) is 95.3 cm³/mol. The highest BCUT2D eigenvalue weighted by Gasteiger charge is 2.22. The number of likely N-dealkylation sites (tertiary alicyclic amines) is 1. The summed E-state index contributed by atoms with van der Waals surface area (Å²) in [6.07, 6.45) is 4.79. The fourth-order valence-electron chi connectivity index (χ4n) is 3.62. The van der Waals surface area contributed by atoms with Gasteiger partial charge in [-0.05, 0) is 37.9 Å².